The van der Waals surface area contributed by atoms with Crippen LogP contribution in [0.3, 0.4) is 0 Å². The topological polar surface area (TPSA) is 71.3 Å². The van der Waals surface area contributed by atoms with Crippen molar-refractivity contribution in [3.8, 4) is 0 Å². The molecule has 0 fully saturated rings. The lowest BCUT2D eigenvalue weighted by Crippen LogP contribution is -2.29. The Labute approximate surface area is 175 Å². The number of hydrogen-bond acceptors (Lipinski definition) is 6. The quantitative estimate of drug-likeness (QED) is 0.621. The number of nitrogens with zero attached hydrogens (tertiary/aromatic N) is 5. The summed E-state index contributed by atoms with van der Waals surface area (Å²) in [4.78, 5) is 3.95. The minimum absolute atomic E-state index is 0.164. The SMILES string of the molecule is Cc1ccc(S(=O)(=O)N(C)Cc2nnc(N3CCCc4sccc4C3)n2C)cc1. The molecule has 3 heterocycles. The summed E-state index contributed by atoms with van der Waals surface area (Å²) in [5.41, 5.74) is 2.37. The number of aryl methyl sites for hydroxylation is 2. The van der Waals surface area contributed by atoms with Gasteiger partial charge in [0.1, 0.15) is 5.82 Å². The normalized spacial score (nSPS) is 14.8. The Hall–Kier alpha value is -2.23. The molecule has 1 aromatic carbocycles. The van der Waals surface area contributed by atoms with Crippen LogP contribution in [-0.4, -0.2) is 41.1 Å². The molecule has 0 amide bonds. The first-order valence-corrected chi connectivity index (χ1v) is 11.9. The molecule has 3 aromatic rings. The van der Waals surface area contributed by atoms with Gasteiger partial charge < -0.3 is 4.90 Å². The van der Waals surface area contributed by atoms with Gasteiger partial charge in [0.05, 0.1) is 11.4 Å². The third kappa shape index (κ3) is 3.94. The van der Waals surface area contributed by atoms with E-state index in [0.29, 0.717) is 5.82 Å². The number of hydrogen-bond donors (Lipinski definition) is 0. The molecule has 2 aromatic heterocycles. The first kappa shape index (κ1) is 20.1. The molecule has 0 saturated heterocycles. The highest BCUT2D eigenvalue weighted by Crippen LogP contribution is 2.27. The molecule has 0 unspecified atom stereocenters. The van der Waals surface area contributed by atoms with E-state index < -0.39 is 10.0 Å². The zero-order chi connectivity index (χ0) is 20.6. The molecule has 0 saturated carbocycles. The van der Waals surface area contributed by atoms with E-state index in [4.69, 9.17) is 0 Å². The Kier molecular flexibility index (Phi) is 5.46. The summed E-state index contributed by atoms with van der Waals surface area (Å²) in [6.07, 6.45) is 2.16. The maximum absolute atomic E-state index is 12.9. The van der Waals surface area contributed by atoms with Gasteiger partial charge in [0, 0.05) is 32.1 Å². The van der Waals surface area contributed by atoms with E-state index in [1.807, 2.05) is 29.9 Å². The molecule has 1 aliphatic rings. The molecule has 4 rings (SSSR count). The Morgan fingerprint density at radius 2 is 1.93 bits per heavy atom. The van der Waals surface area contributed by atoms with Crippen molar-refractivity contribution in [1.82, 2.24) is 19.1 Å². The van der Waals surface area contributed by atoms with Crippen molar-refractivity contribution >= 4 is 27.3 Å². The van der Waals surface area contributed by atoms with Crippen LogP contribution in [0.15, 0.2) is 40.6 Å². The first-order chi connectivity index (χ1) is 13.9. The first-order valence-electron chi connectivity index (χ1n) is 9.58. The van der Waals surface area contributed by atoms with Gasteiger partial charge >= 0.3 is 0 Å². The van der Waals surface area contributed by atoms with Gasteiger partial charge in [0.15, 0.2) is 0 Å². The lowest BCUT2D eigenvalue weighted by atomic mass is 10.2. The zero-order valence-electron chi connectivity index (χ0n) is 16.9. The van der Waals surface area contributed by atoms with Crippen LogP contribution in [0.1, 0.15) is 28.2 Å². The van der Waals surface area contributed by atoms with Gasteiger partial charge in [0.2, 0.25) is 16.0 Å². The average Bonchev–Trinajstić information content (AvgIpc) is 3.22. The van der Waals surface area contributed by atoms with Crippen LogP contribution in [-0.2, 0) is 36.6 Å². The fourth-order valence-corrected chi connectivity index (χ4v) is 5.62. The van der Waals surface area contributed by atoms with Crippen molar-refractivity contribution in [3.05, 3.63) is 57.5 Å². The summed E-state index contributed by atoms with van der Waals surface area (Å²) in [7, 11) is -0.109. The van der Waals surface area contributed by atoms with Crippen LogP contribution < -0.4 is 4.90 Å². The Bertz CT molecular complexity index is 1100. The van der Waals surface area contributed by atoms with Crippen molar-refractivity contribution in [1.29, 1.82) is 0 Å². The lowest BCUT2D eigenvalue weighted by molar-refractivity contribution is 0.450. The van der Waals surface area contributed by atoms with Crippen molar-refractivity contribution in [2.45, 2.75) is 37.8 Å². The standard InChI is InChI=1S/C20H25N5O2S2/c1-15-6-8-17(9-7-15)29(26,27)23(2)14-19-21-22-20(24(19)3)25-11-4-5-18-16(13-25)10-12-28-18/h6-10,12H,4-5,11,13-14H2,1-3H3. The van der Waals surface area contributed by atoms with Gasteiger partial charge in [-0.25, -0.2) is 8.42 Å². The molecular weight excluding hydrogens is 406 g/mol. The molecule has 29 heavy (non-hydrogen) atoms. The minimum Gasteiger partial charge on any atom is -0.337 e. The van der Waals surface area contributed by atoms with E-state index in [2.05, 4.69) is 26.5 Å². The fraction of sp³-hybridized carbons (Fsp3) is 0.400. The van der Waals surface area contributed by atoms with Crippen molar-refractivity contribution < 1.29 is 8.42 Å². The maximum atomic E-state index is 12.9. The fourth-order valence-electron chi connectivity index (χ4n) is 3.55. The third-order valence-corrected chi connectivity index (χ3v) is 8.19. The van der Waals surface area contributed by atoms with Gasteiger partial charge in [-0.05, 0) is 48.9 Å². The molecule has 9 heteroatoms. The maximum Gasteiger partial charge on any atom is 0.243 e. The Morgan fingerprint density at radius 1 is 1.17 bits per heavy atom. The van der Waals surface area contributed by atoms with Crippen molar-refractivity contribution in [2.75, 3.05) is 18.5 Å². The monoisotopic (exact) mass is 431 g/mol. The average molecular weight is 432 g/mol. The molecule has 0 spiro atoms. The molecule has 7 nitrogen and oxygen atoms in total. The second-order valence-electron chi connectivity index (χ2n) is 7.44. The molecule has 0 aliphatic carbocycles. The summed E-state index contributed by atoms with van der Waals surface area (Å²) in [5.74, 6) is 1.40. The zero-order valence-corrected chi connectivity index (χ0v) is 18.5. The summed E-state index contributed by atoms with van der Waals surface area (Å²) in [6.45, 7) is 3.81. The summed E-state index contributed by atoms with van der Waals surface area (Å²) < 4.78 is 29.0. The molecule has 0 radical (unpaired) electrons. The predicted molar refractivity (Wildman–Crippen MR) is 115 cm³/mol. The smallest absolute Gasteiger partial charge is 0.243 e. The number of rotatable bonds is 5. The highest BCUT2D eigenvalue weighted by atomic mass is 32.2. The Balaban J connectivity index is 1.53. The minimum atomic E-state index is -3.58. The van der Waals surface area contributed by atoms with Crippen LogP contribution in [0.5, 0.6) is 0 Å². The molecule has 1 aliphatic heterocycles. The van der Waals surface area contributed by atoms with Gasteiger partial charge in [0.25, 0.3) is 0 Å². The highest BCUT2D eigenvalue weighted by Gasteiger charge is 2.25. The number of aromatic nitrogens is 3. The van der Waals surface area contributed by atoms with E-state index in [1.165, 1.54) is 14.7 Å². The van der Waals surface area contributed by atoms with Gasteiger partial charge in [-0.3, -0.25) is 4.57 Å². The summed E-state index contributed by atoms with van der Waals surface area (Å²) in [5, 5.41) is 10.8. The van der Waals surface area contributed by atoms with E-state index in [1.54, 1.807) is 31.3 Å². The second kappa shape index (κ2) is 7.89. The number of sulfonamides is 1. The largest absolute Gasteiger partial charge is 0.337 e. The molecule has 154 valence electrons. The van der Waals surface area contributed by atoms with Crippen molar-refractivity contribution in [3.63, 3.8) is 0 Å². The predicted octanol–water partition coefficient (Wildman–Crippen LogP) is 2.96. The van der Waals surface area contributed by atoms with E-state index >= 15 is 0 Å². The summed E-state index contributed by atoms with van der Waals surface area (Å²) >= 11 is 1.81. The number of thiophene rings is 1. The van der Waals surface area contributed by atoms with Crippen LogP contribution in [0.25, 0.3) is 0 Å². The number of benzene rings is 1. The Morgan fingerprint density at radius 3 is 2.69 bits per heavy atom. The van der Waals surface area contributed by atoms with Crippen molar-refractivity contribution in [2.24, 2.45) is 7.05 Å². The van der Waals surface area contributed by atoms with Crippen LogP contribution in [0.2, 0.25) is 0 Å². The van der Waals surface area contributed by atoms with Gasteiger partial charge in [-0.15, -0.1) is 21.5 Å². The molecule has 0 N–H and O–H groups in total. The van der Waals surface area contributed by atoms with Crippen LogP contribution in [0.4, 0.5) is 5.95 Å². The number of anilines is 1. The van der Waals surface area contributed by atoms with Crippen LogP contribution >= 0.6 is 11.3 Å². The lowest BCUT2D eigenvalue weighted by Gasteiger charge is -2.22. The second-order valence-corrected chi connectivity index (χ2v) is 10.5. The van der Waals surface area contributed by atoms with E-state index in [-0.39, 0.29) is 11.4 Å². The van der Waals surface area contributed by atoms with Gasteiger partial charge in [-0.1, -0.05) is 17.7 Å². The van der Waals surface area contributed by atoms with Crippen LogP contribution in [0, 0.1) is 6.92 Å². The molecule has 0 bridgehead atoms. The van der Waals surface area contributed by atoms with E-state index in [9.17, 15) is 8.42 Å². The van der Waals surface area contributed by atoms with Gasteiger partial charge in [-0.2, -0.15) is 4.31 Å². The number of fused-ring (bicyclic) bond motifs is 1. The summed E-state index contributed by atoms with van der Waals surface area (Å²) in [6, 6.07) is 9.06. The molecule has 0 atom stereocenters. The molecular formula is C20H25N5O2S2. The van der Waals surface area contributed by atoms with E-state index in [0.717, 1.165) is 37.4 Å². The highest BCUT2D eigenvalue weighted by molar-refractivity contribution is 7.89. The third-order valence-electron chi connectivity index (χ3n) is 5.35.